The largest absolute Gasteiger partial charge is 0.371 e. The average Bonchev–Trinajstić information content (AvgIpc) is 3.09. The van der Waals surface area contributed by atoms with Crippen LogP contribution in [0, 0.1) is 12.8 Å². The summed E-state index contributed by atoms with van der Waals surface area (Å²) in [5.74, 6) is 2.21. The zero-order valence-electron chi connectivity index (χ0n) is 14.7. The third kappa shape index (κ3) is 3.81. The highest BCUT2D eigenvalue weighted by molar-refractivity contribution is 6.30. The van der Waals surface area contributed by atoms with Crippen LogP contribution in [0.15, 0.2) is 53.1 Å². The molecule has 1 saturated carbocycles. The van der Waals surface area contributed by atoms with E-state index in [1.165, 1.54) is 24.0 Å². The van der Waals surface area contributed by atoms with E-state index in [-0.39, 0.29) is 0 Å². The Bertz CT molecular complexity index is 858. The van der Waals surface area contributed by atoms with Crippen LogP contribution in [-0.2, 0) is 11.3 Å². The molecule has 1 aliphatic carbocycles. The monoisotopic (exact) mass is 368 g/mol. The maximum atomic E-state index is 5.97. The molecule has 0 aliphatic heterocycles. The third-order valence-electron chi connectivity index (χ3n) is 5.05. The second-order valence-corrected chi connectivity index (χ2v) is 7.32. The lowest BCUT2D eigenvalue weighted by Gasteiger charge is -2.36. The molecule has 0 N–H and O–H groups in total. The van der Waals surface area contributed by atoms with Gasteiger partial charge in [-0.05, 0) is 49.3 Å². The van der Waals surface area contributed by atoms with Gasteiger partial charge in [-0.2, -0.15) is 4.98 Å². The summed E-state index contributed by atoms with van der Waals surface area (Å²) in [6, 6.07) is 16.2. The Labute approximate surface area is 158 Å². The number of ether oxygens (including phenoxy) is 1. The molecular weight excluding hydrogens is 348 g/mol. The molecule has 4 rings (SSSR count). The van der Waals surface area contributed by atoms with E-state index in [1.807, 2.05) is 36.4 Å². The van der Waals surface area contributed by atoms with Crippen molar-refractivity contribution in [1.29, 1.82) is 0 Å². The van der Waals surface area contributed by atoms with Gasteiger partial charge in [-0.15, -0.1) is 0 Å². The first-order chi connectivity index (χ1) is 12.7. The van der Waals surface area contributed by atoms with Gasteiger partial charge in [0.2, 0.25) is 5.82 Å². The third-order valence-corrected chi connectivity index (χ3v) is 5.30. The number of hydrogen-bond acceptors (Lipinski definition) is 4. The summed E-state index contributed by atoms with van der Waals surface area (Å²) in [6.07, 6.45) is 2.39. The van der Waals surface area contributed by atoms with Gasteiger partial charge in [0.25, 0.3) is 5.89 Å². The Morgan fingerprint density at radius 1 is 1.08 bits per heavy atom. The van der Waals surface area contributed by atoms with Gasteiger partial charge in [-0.3, -0.25) is 0 Å². The quantitative estimate of drug-likeness (QED) is 0.583. The zero-order valence-corrected chi connectivity index (χ0v) is 15.4. The molecule has 1 heterocycles. The highest BCUT2D eigenvalue weighted by Crippen LogP contribution is 2.42. The SMILES string of the molecule is Cc1ccc(-c2noc(COCC3CCC3c3ccc(Cl)cc3)n2)cc1. The number of hydrogen-bond donors (Lipinski definition) is 0. The topological polar surface area (TPSA) is 48.2 Å². The second kappa shape index (κ2) is 7.60. The van der Waals surface area contributed by atoms with Crippen LogP contribution in [0.5, 0.6) is 0 Å². The summed E-state index contributed by atoms with van der Waals surface area (Å²) < 4.78 is 11.2. The van der Waals surface area contributed by atoms with Crippen LogP contribution in [0.25, 0.3) is 11.4 Å². The van der Waals surface area contributed by atoms with Gasteiger partial charge in [0, 0.05) is 10.6 Å². The standard InChI is InChI=1S/C21H21ClN2O2/c1-14-2-4-16(5-3-14)21-23-20(26-24-21)13-25-12-17-8-11-19(17)15-6-9-18(22)10-7-15/h2-7,9-10,17,19H,8,11-13H2,1H3. The minimum absolute atomic E-state index is 0.350. The molecular formula is C21H21ClN2O2. The zero-order chi connectivity index (χ0) is 17.9. The molecule has 0 radical (unpaired) electrons. The Morgan fingerprint density at radius 2 is 1.85 bits per heavy atom. The van der Waals surface area contributed by atoms with Crippen molar-refractivity contribution in [2.24, 2.45) is 5.92 Å². The van der Waals surface area contributed by atoms with Crippen LogP contribution in [0.2, 0.25) is 5.02 Å². The summed E-state index contributed by atoms with van der Waals surface area (Å²) in [4.78, 5) is 4.42. The lowest BCUT2D eigenvalue weighted by atomic mass is 9.70. The van der Waals surface area contributed by atoms with Gasteiger partial charge in [0.1, 0.15) is 6.61 Å². The molecule has 134 valence electrons. The summed E-state index contributed by atoms with van der Waals surface area (Å²) in [6.45, 7) is 3.11. The molecule has 0 saturated heterocycles. The van der Waals surface area contributed by atoms with Crippen molar-refractivity contribution in [3.8, 4) is 11.4 Å². The smallest absolute Gasteiger partial charge is 0.252 e. The summed E-state index contributed by atoms with van der Waals surface area (Å²) in [5.41, 5.74) is 3.50. The fraction of sp³-hybridized carbons (Fsp3) is 0.333. The van der Waals surface area contributed by atoms with Gasteiger partial charge < -0.3 is 9.26 Å². The molecule has 1 fully saturated rings. The summed E-state index contributed by atoms with van der Waals surface area (Å²) in [7, 11) is 0. The van der Waals surface area contributed by atoms with Gasteiger partial charge in [-0.1, -0.05) is 58.7 Å². The molecule has 5 heteroatoms. The normalized spacial score (nSPS) is 19.3. The maximum Gasteiger partial charge on any atom is 0.252 e. The fourth-order valence-electron chi connectivity index (χ4n) is 3.35. The van der Waals surface area contributed by atoms with Crippen LogP contribution >= 0.6 is 11.6 Å². The molecule has 3 aromatic rings. The number of aromatic nitrogens is 2. The summed E-state index contributed by atoms with van der Waals surface area (Å²) >= 11 is 5.97. The highest BCUT2D eigenvalue weighted by Gasteiger charge is 2.32. The average molecular weight is 369 g/mol. The van der Waals surface area contributed by atoms with Crippen molar-refractivity contribution in [3.63, 3.8) is 0 Å². The molecule has 0 amide bonds. The molecule has 1 aromatic heterocycles. The minimum Gasteiger partial charge on any atom is -0.371 e. The molecule has 26 heavy (non-hydrogen) atoms. The van der Waals surface area contributed by atoms with Crippen molar-refractivity contribution in [2.45, 2.75) is 32.3 Å². The van der Waals surface area contributed by atoms with E-state index < -0.39 is 0 Å². The van der Waals surface area contributed by atoms with Crippen LogP contribution < -0.4 is 0 Å². The summed E-state index contributed by atoms with van der Waals surface area (Å²) in [5, 5.41) is 4.82. The molecule has 2 atom stereocenters. The van der Waals surface area contributed by atoms with Crippen molar-refractivity contribution < 1.29 is 9.26 Å². The molecule has 2 aromatic carbocycles. The number of nitrogens with zero attached hydrogens (tertiary/aromatic N) is 2. The van der Waals surface area contributed by atoms with E-state index in [2.05, 4.69) is 29.2 Å². The predicted molar refractivity (Wildman–Crippen MR) is 101 cm³/mol. The minimum atomic E-state index is 0.350. The van der Waals surface area contributed by atoms with Crippen molar-refractivity contribution in [2.75, 3.05) is 6.61 Å². The van der Waals surface area contributed by atoms with Crippen LogP contribution in [-0.4, -0.2) is 16.7 Å². The molecule has 1 aliphatic rings. The van der Waals surface area contributed by atoms with E-state index in [4.69, 9.17) is 20.9 Å². The number of rotatable bonds is 6. The van der Waals surface area contributed by atoms with Crippen LogP contribution in [0.1, 0.15) is 35.8 Å². The lowest BCUT2D eigenvalue weighted by molar-refractivity contribution is 0.0344. The first-order valence-electron chi connectivity index (χ1n) is 8.92. The van der Waals surface area contributed by atoms with E-state index in [9.17, 15) is 0 Å². The maximum absolute atomic E-state index is 5.97. The van der Waals surface area contributed by atoms with E-state index >= 15 is 0 Å². The molecule has 0 bridgehead atoms. The fourth-order valence-corrected chi connectivity index (χ4v) is 3.47. The van der Waals surface area contributed by atoms with Crippen LogP contribution in [0.3, 0.4) is 0 Å². The number of aryl methyl sites for hydroxylation is 1. The van der Waals surface area contributed by atoms with E-state index in [0.29, 0.717) is 36.8 Å². The van der Waals surface area contributed by atoms with E-state index in [0.717, 1.165) is 10.6 Å². The molecule has 0 spiro atoms. The Kier molecular flexibility index (Phi) is 5.05. The highest BCUT2D eigenvalue weighted by atomic mass is 35.5. The lowest BCUT2D eigenvalue weighted by Crippen LogP contribution is -2.28. The molecule has 2 unspecified atom stereocenters. The molecule has 4 nitrogen and oxygen atoms in total. The second-order valence-electron chi connectivity index (χ2n) is 6.89. The van der Waals surface area contributed by atoms with Gasteiger partial charge in [0.15, 0.2) is 0 Å². The van der Waals surface area contributed by atoms with Gasteiger partial charge in [0.05, 0.1) is 6.61 Å². The number of halogens is 1. The van der Waals surface area contributed by atoms with E-state index in [1.54, 1.807) is 0 Å². The van der Waals surface area contributed by atoms with Crippen molar-refractivity contribution in [1.82, 2.24) is 10.1 Å². The van der Waals surface area contributed by atoms with Gasteiger partial charge in [-0.25, -0.2) is 0 Å². The Morgan fingerprint density at radius 3 is 2.54 bits per heavy atom. The van der Waals surface area contributed by atoms with Crippen molar-refractivity contribution >= 4 is 11.6 Å². The first kappa shape index (κ1) is 17.3. The van der Waals surface area contributed by atoms with Gasteiger partial charge >= 0.3 is 0 Å². The number of benzene rings is 2. The van der Waals surface area contributed by atoms with Crippen molar-refractivity contribution in [3.05, 3.63) is 70.6 Å². The first-order valence-corrected chi connectivity index (χ1v) is 9.29. The predicted octanol–water partition coefficient (Wildman–Crippen LogP) is 5.41. The Hall–Kier alpha value is -2.17. The van der Waals surface area contributed by atoms with Crippen LogP contribution in [0.4, 0.5) is 0 Å². The Balaban J connectivity index is 1.30.